The molecule has 0 aliphatic carbocycles. The Bertz CT molecular complexity index is 1470. The summed E-state index contributed by atoms with van der Waals surface area (Å²) in [4.78, 5) is 40.8. The number of methoxy groups -OCH3 is 2. The van der Waals surface area contributed by atoms with Crippen molar-refractivity contribution in [3.8, 4) is 17.2 Å². The molecule has 4 rings (SSSR count). The number of carbonyl (C=O) groups is 1. The lowest BCUT2D eigenvalue weighted by molar-refractivity contribution is -0.113. The largest absolute Gasteiger partial charge is 0.497 e. The molecule has 0 saturated heterocycles. The quantitative estimate of drug-likeness (QED) is 0.281. The van der Waals surface area contributed by atoms with E-state index in [1.807, 2.05) is 0 Å². The number of benzene rings is 2. The molecular weight excluding hydrogens is 508 g/mol. The van der Waals surface area contributed by atoms with E-state index >= 15 is 0 Å². The lowest BCUT2D eigenvalue weighted by atomic mass is 10.2. The minimum absolute atomic E-state index is 0.0305. The van der Waals surface area contributed by atoms with Gasteiger partial charge in [-0.05, 0) is 36.4 Å². The SMILES string of the molecule is COc1ccc(NC(=O)CSc2nnc(Cc3cc(=O)[nH]c(=O)[nH]3)n2-c2ccc(Cl)cc2)c(OC)c1. The Balaban J connectivity index is 1.57. The van der Waals surface area contributed by atoms with Crippen LogP contribution in [0.1, 0.15) is 11.5 Å². The summed E-state index contributed by atoms with van der Waals surface area (Å²) in [7, 11) is 3.05. The Morgan fingerprint density at radius 1 is 1.06 bits per heavy atom. The van der Waals surface area contributed by atoms with Gasteiger partial charge in [0.1, 0.15) is 17.3 Å². The van der Waals surface area contributed by atoms with Crippen LogP contribution in [0.15, 0.2) is 63.3 Å². The average Bonchev–Trinajstić information content (AvgIpc) is 3.25. The molecule has 13 heteroatoms. The number of aromatic nitrogens is 5. The zero-order chi connectivity index (χ0) is 25.7. The van der Waals surface area contributed by atoms with Crippen LogP contribution in [0.25, 0.3) is 5.69 Å². The smallest absolute Gasteiger partial charge is 0.325 e. The Kier molecular flexibility index (Phi) is 7.76. The summed E-state index contributed by atoms with van der Waals surface area (Å²) in [6.45, 7) is 0. The number of anilines is 1. The first kappa shape index (κ1) is 25.1. The van der Waals surface area contributed by atoms with Crippen molar-refractivity contribution in [3.63, 3.8) is 0 Å². The highest BCUT2D eigenvalue weighted by Gasteiger charge is 2.18. The summed E-state index contributed by atoms with van der Waals surface area (Å²) in [5.41, 5.74) is 0.433. The Labute approximate surface area is 213 Å². The van der Waals surface area contributed by atoms with Crippen LogP contribution in [0.2, 0.25) is 5.02 Å². The second kappa shape index (κ2) is 11.1. The molecule has 0 aliphatic heterocycles. The van der Waals surface area contributed by atoms with Crippen molar-refractivity contribution in [1.82, 2.24) is 24.7 Å². The molecule has 186 valence electrons. The van der Waals surface area contributed by atoms with Gasteiger partial charge in [-0.3, -0.25) is 19.1 Å². The van der Waals surface area contributed by atoms with Crippen LogP contribution in [0.4, 0.5) is 5.69 Å². The molecule has 0 atom stereocenters. The fourth-order valence-corrected chi connectivity index (χ4v) is 4.26. The van der Waals surface area contributed by atoms with Gasteiger partial charge in [0.15, 0.2) is 5.16 Å². The van der Waals surface area contributed by atoms with E-state index in [0.717, 1.165) is 0 Å². The maximum Gasteiger partial charge on any atom is 0.325 e. The molecule has 3 N–H and O–H groups in total. The van der Waals surface area contributed by atoms with Crippen LogP contribution in [-0.2, 0) is 11.2 Å². The first-order chi connectivity index (χ1) is 17.4. The number of amides is 1. The van der Waals surface area contributed by atoms with Crippen LogP contribution >= 0.6 is 23.4 Å². The number of thioether (sulfide) groups is 1. The molecule has 0 aliphatic rings. The lowest BCUT2D eigenvalue weighted by Gasteiger charge is -2.12. The first-order valence-corrected chi connectivity index (χ1v) is 11.9. The first-order valence-electron chi connectivity index (χ1n) is 10.5. The van der Waals surface area contributed by atoms with Gasteiger partial charge in [0.2, 0.25) is 5.91 Å². The average molecular weight is 529 g/mol. The Hall–Kier alpha value is -4.03. The maximum atomic E-state index is 12.7. The third-order valence-electron chi connectivity index (χ3n) is 4.97. The fraction of sp³-hybridized carbons (Fsp3) is 0.174. The molecule has 0 radical (unpaired) electrons. The van der Waals surface area contributed by atoms with Gasteiger partial charge in [-0.2, -0.15) is 0 Å². The van der Waals surface area contributed by atoms with E-state index in [9.17, 15) is 14.4 Å². The van der Waals surface area contributed by atoms with Crippen LogP contribution in [0, 0.1) is 0 Å². The summed E-state index contributed by atoms with van der Waals surface area (Å²) >= 11 is 7.22. The van der Waals surface area contributed by atoms with Crippen molar-refractivity contribution in [2.24, 2.45) is 0 Å². The standard InChI is InChI=1S/C23H21ClN6O5S/c1-34-16-7-8-17(18(11-16)35-2)26-21(32)12-36-23-29-28-19(9-14-10-20(31)27-22(33)25-14)30(23)15-5-3-13(24)4-6-15/h3-8,10-11H,9,12H2,1-2H3,(H,26,32)(H2,25,27,31,33). The molecule has 11 nitrogen and oxygen atoms in total. The van der Waals surface area contributed by atoms with Gasteiger partial charge < -0.3 is 19.8 Å². The molecule has 0 fully saturated rings. The molecule has 0 unspecified atom stereocenters. The summed E-state index contributed by atoms with van der Waals surface area (Å²) in [5.74, 6) is 1.27. The van der Waals surface area contributed by atoms with Crippen LogP contribution in [0.5, 0.6) is 11.5 Å². The van der Waals surface area contributed by atoms with E-state index in [4.69, 9.17) is 21.1 Å². The van der Waals surface area contributed by atoms with E-state index in [2.05, 4.69) is 25.5 Å². The van der Waals surface area contributed by atoms with Gasteiger partial charge in [0.05, 0.1) is 25.7 Å². The highest BCUT2D eigenvalue weighted by molar-refractivity contribution is 7.99. The molecule has 2 aromatic carbocycles. The van der Waals surface area contributed by atoms with Gasteiger partial charge in [0.25, 0.3) is 5.56 Å². The minimum Gasteiger partial charge on any atom is -0.497 e. The summed E-state index contributed by atoms with van der Waals surface area (Å²) in [5, 5.41) is 12.3. The van der Waals surface area contributed by atoms with E-state index < -0.39 is 11.2 Å². The third kappa shape index (κ3) is 5.96. The molecule has 2 aromatic heterocycles. The number of ether oxygens (including phenoxy) is 2. The maximum absolute atomic E-state index is 12.7. The molecule has 0 bridgehead atoms. The topological polar surface area (TPSA) is 144 Å². The van der Waals surface area contributed by atoms with Gasteiger partial charge in [-0.15, -0.1) is 10.2 Å². The summed E-state index contributed by atoms with van der Waals surface area (Å²) < 4.78 is 12.2. The summed E-state index contributed by atoms with van der Waals surface area (Å²) in [6, 6.07) is 13.4. The predicted octanol–water partition coefficient (Wildman–Crippen LogP) is 2.64. The number of hydrogen-bond acceptors (Lipinski definition) is 8. The van der Waals surface area contributed by atoms with Crippen molar-refractivity contribution in [2.45, 2.75) is 11.6 Å². The van der Waals surface area contributed by atoms with Gasteiger partial charge in [-0.1, -0.05) is 23.4 Å². The number of nitrogens with zero attached hydrogens (tertiary/aromatic N) is 3. The Morgan fingerprint density at radius 2 is 1.83 bits per heavy atom. The van der Waals surface area contributed by atoms with Crippen molar-refractivity contribution >= 4 is 35.0 Å². The van der Waals surface area contributed by atoms with Crippen molar-refractivity contribution in [3.05, 3.63) is 85.9 Å². The third-order valence-corrected chi connectivity index (χ3v) is 6.15. The number of aromatic amines is 2. The number of H-pyrrole nitrogens is 2. The monoisotopic (exact) mass is 528 g/mol. The summed E-state index contributed by atoms with van der Waals surface area (Å²) in [6.07, 6.45) is 0.130. The molecule has 1 amide bonds. The second-order valence-electron chi connectivity index (χ2n) is 7.40. The van der Waals surface area contributed by atoms with Crippen LogP contribution < -0.4 is 26.0 Å². The van der Waals surface area contributed by atoms with Gasteiger partial charge >= 0.3 is 5.69 Å². The predicted molar refractivity (Wildman–Crippen MR) is 136 cm³/mol. The Morgan fingerprint density at radius 3 is 2.53 bits per heavy atom. The molecule has 4 aromatic rings. The zero-order valence-electron chi connectivity index (χ0n) is 19.2. The number of halogens is 1. The fourth-order valence-electron chi connectivity index (χ4n) is 3.36. The van der Waals surface area contributed by atoms with Crippen molar-refractivity contribution in [1.29, 1.82) is 0 Å². The van der Waals surface area contributed by atoms with Crippen molar-refractivity contribution in [2.75, 3.05) is 25.3 Å². The van der Waals surface area contributed by atoms with Crippen molar-refractivity contribution < 1.29 is 14.3 Å². The van der Waals surface area contributed by atoms with Crippen LogP contribution in [0.3, 0.4) is 0 Å². The van der Waals surface area contributed by atoms with Crippen LogP contribution in [-0.4, -0.2) is 50.6 Å². The normalized spacial score (nSPS) is 10.8. The number of nitrogens with one attached hydrogen (secondary N) is 3. The highest BCUT2D eigenvalue weighted by atomic mass is 35.5. The number of carbonyl (C=O) groups excluding carboxylic acids is 1. The number of hydrogen-bond donors (Lipinski definition) is 3. The van der Waals surface area contributed by atoms with E-state index in [1.165, 1.54) is 24.9 Å². The molecule has 0 saturated carbocycles. The van der Waals surface area contributed by atoms with E-state index in [-0.39, 0.29) is 18.1 Å². The van der Waals surface area contributed by atoms with Gasteiger partial charge in [0, 0.05) is 35.0 Å². The lowest BCUT2D eigenvalue weighted by Crippen LogP contribution is -2.23. The second-order valence-corrected chi connectivity index (χ2v) is 8.78. The highest BCUT2D eigenvalue weighted by Crippen LogP contribution is 2.30. The van der Waals surface area contributed by atoms with Gasteiger partial charge in [-0.25, -0.2) is 4.79 Å². The number of rotatable bonds is 9. The molecule has 2 heterocycles. The molecule has 36 heavy (non-hydrogen) atoms. The molecular formula is C23H21ClN6O5S. The van der Waals surface area contributed by atoms with E-state index in [1.54, 1.807) is 54.1 Å². The minimum atomic E-state index is -0.615. The molecule has 0 spiro atoms. The van der Waals surface area contributed by atoms with E-state index in [0.29, 0.717) is 44.6 Å². The zero-order valence-corrected chi connectivity index (χ0v) is 20.8.